The molecule has 104 valence electrons. The van der Waals surface area contributed by atoms with Crippen LogP contribution in [0.15, 0.2) is 54.6 Å². The molecule has 3 aromatic rings. The molecule has 0 amide bonds. The quantitative estimate of drug-likeness (QED) is 0.706. The van der Waals surface area contributed by atoms with Crippen molar-refractivity contribution < 1.29 is 10.0 Å². The molecule has 3 aromatic carbocycles. The minimum absolute atomic E-state index is 0.556. The van der Waals surface area contributed by atoms with Gasteiger partial charge in [-0.15, -0.1) is 0 Å². The highest BCUT2D eigenvalue weighted by molar-refractivity contribution is 6.62. The minimum atomic E-state index is -1.46. The highest BCUT2D eigenvalue weighted by Gasteiger charge is 2.19. The van der Waals surface area contributed by atoms with E-state index in [1.54, 1.807) is 0 Å². The minimum Gasteiger partial charge on any atom is -0.423 e. The Labute approximate surface area is 124 Å². The molecule has 2 N–H and O–H groups in total. The standard InChI is InChI=1S/C18H17BO2/c1-12-7-3-4-8-14(12)18-13(2)11-17(19(20)21)15-9-5-6-10-16(15)18/h3-11,20-21H,1-2H3. The molecule has 0 fully saturated rings. The monoisotopic (exact) mass is 276 g/mol. The molecule has 0 aliphatic rings. The molecule has 0 bridgehead atoms. The summed E-state index contributed by atoms with van der Waals surface area (Å²) >= 11 is 0. The van der Waals surface area contributed by atoms with E-state index < -0.39 is 7.12 Å². The van der Waals surface area contributed by atoms with Crippen LogP contribution in [0.4, 0.5) is 0 Å². The summed E-state index contributed by atoms with van der Waals surface area (Å²) in [4.78, 5) is 0. The average Bonchev–Trinajstić information content (AvgIpc) is 2.47. The number of aryl methyl sites for hydroxylation is 2. The zero-order valence-corrected chi connectivity index (χ0v) is 12.2. The predicted molar refractivity (Wildman–Crippen MR) is 88.7 cm³/mol. The van der Waals surface area contributed by atoms with E-state index in [-0.39, 0.29) is 0 Å². The van der Waals surface area contributed by atoms with Crippen molar-refractivity contribution in [2.24, 2.45) is 0 Å². The molecule has 3 rings (SSSR count). The second-order valence-corrected chi connectivity index (χ2v) is 5.39. The normalized spacial score (nSPS) is 10.9. The van der Waals surface area contributed by atoms with Crippen molar-refractivity contribution in [3.05, 3.63) is 65.7 Å². The van der Waals surface area contributed by atoms with Crippen LogP contribution in [0.1, 0.15) is 11.1 Å². The number of hydrogen-bond donors (Lipinski definition) is 2. The summed E-state index contributed by atoms with van der Waals surface area (Å²) in [5.41, 5.74) is 5.16. The summed E-state index contributed by atoms with van der Waals surface area (Å²) < 4.78 is 0. The summed E-state index contributed by atoms with van der Waals surface area (Å²) in [5, 5.41) is 21.2. The highest BCUT2D eigenvalue weighted by atomic mass is 16.4. The first kappa shape index (κ1) is 13.9. The predicted octanol–water partition coefficient (Wildman–Crippen LogP) is 2.80. The van der Waals surface area contributed by atoms with E-state index in [1.807, 2.05) is 49.4 Å². The number of hydrogen-bond acceptors (Lipinski definition) is 2. The van der Waals surface area contributed by atoms with E-state index in [0.29, 0.717) is 5.46 Å². The molecule has 0 aliphatic carbocycles. The van der Waals surface area contributed by atoms with Gasteiger partial charge in [-0.05, 0) is 52.3 Å². The molecule has 0 heterocycles. The highest BCUT2D eigenvalue weighted by Crippen LogP contribution is 2.33. The molecule has 0 radical (unpaired) electrons. The Morgan fingerprint density at radius 3 is 2.05 bits per heavy atom. The van der Waals surface area contributed by atoms with E-state index in [9.17, 15) is 10.0 Å². The molecule has 0 aromatic heterocycles. The molecule has 0 aliphatic heterocycles. The van der Waals surface area contributed by atoms with Gasteiger partial charge in [0, 0.05) is 0 Å². The third-order valence-electron chi connectivity index (χ3n) is 3.97. The summed E-state index contributed by atoms with van der Waals surface area (Å²) in [6, 6.07) is 18.0. The smallest absolute Gasteiger partial charge is 0.423 e. The van der Waals surface area contributed by atoms with Gasteiger partial charge in [0.15, 0.2) is 0 Å². The average molecular weight is 276 g/mol. The van der Waals surface area contributed by atoms with Gasteiger partial charge in [0.05, 0.1) is 0 Å². The summed E-state index contributed by atoms with van der Waals surface area (Å²) in [6.45, 7) is 4.11. The first-order valence-electron chi connectivity index (χ1n) is 7.04. The second kappa shape index (κ2) is 5.36. The van der Waals surface area contributed by atoms with E-state index in [4.69, 9.17) is 0 Å². The molecule has 0 saturated carbocycles. The van der Waals surface area contributed by atoms with Crippen LogP contribution in [0, 0.1) is 13.8 Å². The van der Waals surface area contributed by atoms with Gasteiger partial charge in [0.25, 0.3) is 0 Å². The third-order valence-corrected chi connectivity index (χ3v) is 3.97. The lowest BCUT2D eigenvalue weighted by atomic mass is 9.74. The maximum absolute atomic E-state index is 9.62. The Morgan fingerprint density at radius 2 is 1.38 bits per heavy atom. The van der Waals surface area contributed by atoms with Gasteiger partial charge in [-0.2, -0.15) is 0 Å². The van der Waals surface area contributed by atoms with Gasteiger partial charge in [0.1, 0.15) is 0 Å². The third kappa shape index (κ3) is 2.35. The molecular formula is C18H17BO2. The van der Waals surface area contributed by atoms with Crippen LogP contribution >= 0.6 is 0 Å². The van der Waals surface area contributed by atoms with E-state index >= 15 is 0 Å². The summed E-state index contributed by atoms with van der Waals surface area (Å²) in [5.74, 6) is 0. The zero-order chi connectivity index (χ0) is 15.0. The van der Waals surface area contributed by atoms with Crippen LogP contribution < -0.4 is 5.46 Å². The van der Waals surface area contributed by atoms with Crippen molar-refractivity contribution in [3.8, 4) is 11.1 Å². The lowest BCUT2D eigenvalue weighted by Gasteiger charge is -2.16. The van der Waals surface area contributed by atoms with Crippen LogP contribution in [-0.4, -0.2) is 17.2 Å². The number of fused-ring (bicyclic) bond motifs is 1. The Bertz CT molecular complexity index is 809. The Morgan fingerprint density at radius 1 is 0.762 bits per heavy atom. The van der Waals surface area contributed by atoms with Crippen LogP contribution in [0.5, 0.6) is 0 Å². The second-order valence-electron chi connectivity index (χ2n) is 5.39. The van der Waals surface area contributed by atoms with Crippen molar-refractivity contribution >= 4 is 23.4 Å². The first-order valence-corrected chi connectivity index (χ1v) is 7.04. The maximum atomic E-state index is 9.62. The fourth-order valence-electron chi connectivity index (χ4n) is 2.97. The van der Waals surface area contributed by atoms with Crippen molar-refractivity contribution in [3.63, 3.8) is 0 Å². The van der Waals surface area contributed by atoms with Gasteiger partial charge in [-0.1, -0.05) is 54.6 Å². The van der Waals surface area contributed by atoms with Crippen molar-refractivity contribution in [2.45, 2.75) is 13.8 Å². The lowest BCUT2D eigenvalue weighted by Crippen LogP contribution is -2.31. The molecule has 3 heteroatoms. The fourth-order valence-corrected chi connectivity index (χ4v) is 2.97. The molecule has 2 nitrogen and oxygen atoms in total. The van der Waals surface area contributed by atoms with E-state index in [0.717, 1.165) is 21.9 Å². The molecule has 21 heavy (non-hydrogen) atoms. The van der Waals surface area contributed by atoms with Crippen LogP contribution in [0.3, 0.4) is 0 Å². The summed E-state index contributed by atoms with van der Waals surface area (Å²) in [7, 11) is -1.46. The van der Waals surface area contributed by atoms with Gasteiger partial charge < -0.3 is 10.0 Å². The Balaban J connectivity index is 2.42. The van der Waals surface area contributed by atoms with E-state index in [2.05, 4.69) is 19.1 Å². The van der Waals surface area contributed by atoms with Crippen molar-refractivity contribution in [1.29, 1.82) is 0 Å². The molecule has 0 saturated heterocycles. The maximum Gasteiger partial charge on any atom is 0.489 e. The van der Waals surface area contributed by atoms with Crippen LogP contribution in [0.2, 0.25) is 0 Å². The van der Waals surface area contributed by atoms with Gasteiger partial charge in [-0.3, -0.25) is 0 Å². The van der Waals surface area contributed by atoms with Crippen LogP contribution in [0.25, 0.3) is 21.9 Å². The Kier molecular flexibility index (Phi) is 3.54. The van der Waals surface area contributed by atoms with Gasteiger partial charge >= 0.3 is 7.12 Å². The lowest BCUT2D eigenvalue weighted by molar-refractivity contribution is 0.426. The number of rotatable bonds is 2. The number of benzene rings is 3. The first-order chi connectivity index (χ1) is 10.1. The van der Waals surface area contributed by atoms with Gasteiger partial charge in [0.2, 0.25) is 0 Å². The summed E-state index contributed by atoms with van der Waals surface area (Å²) in [6.07, 6.45) is 0. The molecular weight excluding hydrogens is 259 g/mol. The Hall–Kier alpha value is -2.10. The largest absolute Gasteiger partial charge is 0.489 e. The topological polar surface area (TPSA) is 40.5 Å². The van der Waals surface area contributed by atoms with Crippen molar-refractivity contribution in [1.82, 2.24) is 0 Å². The SMILES string of the molecule is Cc1ccccc1-c1c(C)cc(B(O)O)c2ccccc12. The van der Waals surface area contributed by atoms with E-state index in [1.165, 1.54) is 11.1 Å². The molecule has 0 unspecified atom stereocenters. The molecule has 0 spiro atoms. The fraction of sp³-hybridized carbons (Fsp3) is 0.111. The zero-order valence-electron chi connectivity index (χ0n) is 12.2. The van der Waals surface area contributed by atoms with Crippen LogP contribution in [-0.2, 0) is 0 Å². The van der Waals surface area contributed by atoms with Crippen molar-refractivity contribution in [2.75, 3.05) is 0 Å². The van der Waals surface area contributed by atoms with Gasteiger partial charge in [-0.25, -0.2) is 0 Å². The molecule has 0 atom stereocenters.